The third-order valence-electron chi connectivity index (χ3n) is 2.56. The van der Waals surface area contributed by atoms with Crippen LogP contribution in [0.4, 0.5) is 5.69 Å². The van der Waals surface area contributed by atoms with E-state index in [-0.39, 0.29) is 0 Å². The van der Waals surface area contributed by atoms with Gasteiger partial charge >= 0.3 is 0 Å². The third-order valence-corrected chi connectivity index (χ3v) is 2.56. The molecular weight excluding hydrogens is 180 g/mol. The van der Waals surface area contributed by atoms with Gasteiger partial charge in [0.05, 0.1) is 11.9 Å². The number of hydrogen-bond acceptors (Lipinski definition) is 4. The van der Waals surface area contributed by atoms with Crippen molar-refractivity contribution in [3.63, 3.8) is 0 Å². The fourth-order valence-corrected chi connectivity index (χ4v) is 1.90. The van der Waals surface area contributed by atoms with Crippen LogP contribution < -0.4 is 5.73 Å². The van der Waals surface area contributed by atoms with Gasteiger partial charge in [-0.15, -0.1) is 0 Å². The quantitative estimate of drug-likeness (QED) is 0.632. The summed E-state index contributed by atoms with van der Waals surface area (Å²) < 4.78 is 1.94. The zero-order valence-electron chi connectivity index (χ0n) is 7.51. The Labute approximate surface area is 80.2 Å². The summed E-state index contributed by atoms with van der Waals surface area (Å²) >= 11 is 0. The highest BCUT2D eigenvalue weighted by Gasteiger charge is 2.24. The lowest BCUT2D eigenvalue weighted by molar-refractivity contribution is 0.176. The molecule has 1 atom stereocenters. The van der Waals surface area contributed by atoms with Gasteiger partial charge in [0, 0.05) is 6.54 Å². The number of nitrogens with two attached hydrogens (primary N) is 1. The van der Waals surface area contributed by atoms with E-state index in [1.165, 1.54) is 0 Å². The second kappa shape index (κ2) is 2.45. The lowest BCUT2D eigenvalue weighted by atomic mass is 10.3. The fourth-order valence-electron chi connectivity index (χ4n) is 1.90. The first-order valence-corrected chi connectivity index (χ1v) is 4.55. The molecule has 0 amide bonds. The first-order chi connectivity index (χ1) is 6.75. The smallest absolute Gasteiger partial charge is 0.160 e. The molecule has 0 bridgehead atoms. The van der Waals surface area contributed by atoms with Gasteiger partial charge in [-0.2, -0.15) is 0 Å². The molecular formula is C9H10N4O. The SMILES string of the molecule is Nc1cnc2c(c1)nc1n2CCC1O. The van der Waals surface area contributed by atoms with Crippen LogP contribution in [-0.2, 0) is 6.54 Å². The van der Waals surface area contributed by atoms with Gasteiger partial charge in [-0.05, 0) is 12.5 Å². The molecule has 3 rings (SSSR count). The molecule has 1 unspecified atom stereocenters. The van der Waals surface area contributed by atoms with Crippen LogP contribution in [0, 0.1) is 0 Å². The van der Waals surface area contributed by atoms with Crippen LogP contribution in [0.25, 0.3) is 11.2 Å². The van der Waals surface area contributed by atoms with Gasteiger partial charge in [0.15, 0.2) is 5.65 Å². The molecule has 0 aromatic carbocycles. The van der Waals surface area contributed by atoms with Gasteiger partial charge in [-0.25, -0.2) is 9.97 Å². The molecule has 3 N–H and O–H groups in total. The Morgan fingerprint density at radius 3 is 3.29 bits per heavy atom. The highest BCUT2D eigenvalue weighted by atomic mass is 16.3. The fraction of sp³-hybridized carbons (Fsp3) is 0.333. The number of nitrogens with zero attached hydrogens (tertiary/aromatic N) is 3. The molecule has 5 heteroatoms. The largest absolute Gasteiger partial charge is 0.397 e. The number of pyridine rings is 1. The van der Waals surface area contributed by atoms with Crippen molar-refractivity contribution in [2.24, 2.45) is 0 Å². The summed E-state index contributed by atoms with van der Waals surface area (Å²) in [6, 6.07) is 1.78. The maximum absolute atomic E-state index is 9.61. The van der Waals surface area contributed by atoms with Crippen molar-refractivity contribution >= 4 is 16.9 Å². The van der Waals surface area contributed by atoms with Crippen molar-refractivity contribution in [3.8, 4) is 0 Å². The lowest BCUT2D eigenvalue weighted by Gasteiger charge is -1.96. The van der Waals surface area contributed by atoms with Gasteiger partial charge in [-0.1, -0.05) is 0 Å². The molecule has 0 saturated heterocycles. The molecule has 0 aliphatic carbocycles. The van der Waals surface area contributed by atoms with Crippen LogP contribution in [0.3, 0.4) is 0 Å². The Kier molecular flexibility index (Phi) is 1.36. The molecule has 14 heavy (non-hydrogen) atoms. The van der Waals surface area contributed by atoms with Gasteiger partial charge < -0.3 is 15.4 Å². The number of hydrogen-bond donors (Lipinski definition) is 2. The average Bonchev–Trinajstić information content (AvgIpc) is 2.66. The molecule has 1 aliphatic rings. The van der Waals surface area contributed by atoms with Crippen molar-refractivity contribution in [2.75, 3.05) is 5.73 Å². The van der Waals surface area contributed by atoms with Gasteiger partial charge in [0.1, 0.15) is 17.4 Å². The Hall–Kier alpha value is -1.62. The molecule has 72 valence electrons. The van der Waals surface area contributed by atoms with Crippen molar-refractivity contribution in [2.45, 2.75) is 19.1 Å². The molecule has 0 fully saturated rings. The molecule has 2 aromatic heterocycles. The van der Waals surface area contributed by atoms with Crippen molar-refractivity contribution in [1.29, 1.82) is 0 Å². The van der Waals surface area contributed by atoms with Crippen LogP contribution in [0.5, 0.6) is 0 Å². The molecule has 0 saturated carbocycles. The summed E-state index contributed by atoms with van der Waals surface area (Å²) in [5, 5.41) is 9.61. The molecule has 2 aromatic rings. The second-order valence-electron chi connectivity index (χ2n) is 3.54. The van der Waals surface area contributed by atoms with Crippen LogP contribution in [0.15, 0.2) is 12.3 Å². The predicted molar refractivity (Wildman–Crippen MR) is 51.5 cm³/mol. The number of fused-ring (bicyclic) bond motifs is 3. The van der Waals surface area contributed by atoms with E-state index in [1.54, 1.807) is 12.3 Å². The molecule has 0 spiro atoms. The van der Waals surface area contributed by atoms with Gasteiger partial charge in [0.25, 0.3) is 0 Å². The van der Waals surface area contributed by atoms with E-state index in [0.717, 1.165) is 24.1 Å². The van der Waals surface area contributed by atoms with E-state index in [0.29, 0.717) is 11.5 Å². The number of anilines is 1. The van der Waals surface area contributed by atoms with Crippen LogP contribution >= 0.6 is 0 Å². The lowest BCUT2D eigenvalue weighted by Crippen LogP contribution is -1.94. The molecule has 3 heterocycles. The number of aliphatic hydroxyl groups is 1. The van der Waals surface area contributed by atoms with Crippen molar-refractivity contribution in [3.05, 3.63) is 18.1 Å². The van der Waals surface area contributed by atoms with E-state index in [2.05, 4.69) is 9.97 Å². The summed E-state index contributed by atoms with van der Waals surface area (Å²) in [4.78, 5) is 8.52. The Balaban J connectivity index is 2.34. The maximum atomic E-state index is 9.61. The van der Waals surface area contributed by atoms with E-state index in [4.69, 9.17) is 5.73 Å². The first kappa shape index (κ1) is 7.75. The standard InChI is InChI=1S/C9H10N4O/c10-5-3-6-8(11-4-5)13-2-1-7(14)9(13)12-6/h3-4,7,14H,1-2,10H2. The zero-order valence-corrected chi connectivity index (χ0v) is 7.51. The molecule has 0 radical (unpaired) electrons. The van der Waals surface area contributed by atoms with E-state index < -0.39 is 6.10 Å². The van der Waals surface area contributed by atoms with Crippen LogP contribution in [-0.4, -0.2) is 19.6 Å². The molecule has 5 nitrogen and oxygen atoms in total. The Morgan fingerprint density at radius 2 is 2.43 bits per heavy atom. The predicted octanol–water partition coefficient (Wildman–Crippen LogP) is 0.451. The highest BCUT2D eigenvalue weighted by Crippen LogP contribution is 2.28. The van der Waals surface area contributed by atoms with Crippen molar-refractivity contribution in [1.82, 2.24) is 14.5 Å². The summed E-state index contributed by atoms with van der Waals surface area (Å²) in [6.45, 7) is 0.782. The number of aryl methyl sites for hydroxylation is 1. The van der Waals surface area contributed by atoms with Crippen LogP contribution in [0.1, 0.15) is 18.3 Å². The van der Waals surface area contributed by atoms with Crippen molar-refractivity contribution < 1.29 is 5.11 Å². The number of aromatic nitrogens is 3. The summed E-state index contributed by atoms with van der Waals surface area (Å²) in [7, 11) is 0. The number of imidazole rings is 1. The van der Waals surface area contributed by atoms with E-state index >= 15 is 0 Å². The number of rotatable bonds is 0. The summed E-state index contributed by atoms with van der Waals surface area (Å²) in [6.07, 6.45) is 1.89. The normalized spacial score (nSPS) is 20.2. The highest BCUT2D eigenvalue weighted by molar-refractivity contribution is 5.75. The van der Waals surface area contributed by atoms with E-state index in [1.807, 2.05) is 4.57 Å². The average molecular weight is 190 g/mol. The van der Waals surface area contributed by atoms with Crippen LogP contribution in [0.2, 0.25) is 0 Å². The summed E-state index contributed by atoms with van der Waals surface area (Å²) in [5.41, 5.74) is 7.78. The van der Waals surface area contributed by atoms with Gasteiger partial charge in [0.2, 0.25) is 0 Å². The maximum Gasteiger partial charge on any atom is 0.160 e. The molecule has 1 aliphatic heterocycles. The minimum atomic E-state index is -0.453. The van der Waals surface area contributed by atoms with E-state index in [9.17, 15) is 5.11 Å². The Morgan fingerprint density at radius 1 is 1.57 bits per heavy atom. The minimum Gasteiger partial charge on any atom is -0.397 e. The zero-order chi connectivity index (χ0) is 9.71. The topological polar surface area (TPSA) is 77.0 Å². The summed E-state index contributed by atoms with van der Waals surface area (Å²) in [5.74, 6) is 0.707. The Bertz CT molecular complexity index is 505. The van der Waals surface area contributed by atoms with Gasteiger partial charge in [-0.3, -0.25) is 0 Å². The second-order valence-corrected chi connectivity index (χ2v) is 3.54. The minimum absolute atomic E-state index is 0.453. The third kappa shape index (κ3) is 0.871. The first-order valence-electron chi connectivity index (χ1n) is 4.55. The number of nitrogen functional groups attached to an aromatic ring is 1. The monoisotopic (exact) mass is 190 g/mol. The number of aliphatic hydroxyl groups excluding tert-OH is 1.